The third-order valence-electron chi connectivity index (χ3n) is 3.10. The molecular formula is C13H18ClNO5S3. The third kappa shape index (κ3) is 5.98. The molecule has 0 aromatic heterocycles. The monoisotopic (exact) mass is 399 g/mol. The molecule has 10 heteroatoms. The molecular weight excluding hydrogens is 382 g/mol. The van der Waals surface area contributed by atoms with Gasteiger partial charge in [-0.25, -0.2) is 16.8 Å². The molecule has 23 heavy (non-hydrogen) atoms. The summed E-state index contributed by atoms with van der Waals surface area (Å²) in [5, 5.41) is 2.76. The van der Waals surface area contributed by atoms with Crippen LogP contribution in [0.1, 0.15) is 19.8 Å². The standard InChI is InChI=1S/C12H15NO3S2.CH3ClO2S/c1-3-12(18(2,15)16)8-11(14)13-9-6-4-5-7-10(9)17-12;1-5(2,3)4/h4-7H,3,8H2,1-2H3,(H,13,14);1H3. The number of carbonyl (C=O) groups excluding carboxylic acids is 1. The maximum absolute atomic E-state index is 12.0. The van der Waals surface area contributed by atoms with E-state index in [4.69, 9.17) is 0 Å². The van der Waals surface area contributed by atoms with Gasteiger partial charge in [-0.05, 0) is 18.6 Å². The molecule has 0 fully saturated rings. The summed E-state index contributed by atoms with van der Waals surface area (Å²) in [6.07, 6.45) is 2.51. The Morgan fingerprint density at radius 3 is 2.22 bits per heavy atom. The van der Waals surface area contributed by atoms with Gasteiger partial charge in [0.25, 0.3) is 0 Å². The molecule has 0 aliphatic carbocycles. The van der Waals surface area contributed by atoms with Gasteiger partial charge in [-0.2, -0.15) is 0 Å². The Bertz CT molecular complexity index is 784. The van der Waals surface area contributed by atoms with Crippen molar-refractivity contribution in [3.8, 4) is 0 Å². The number of anilines is 1. The lowest BCUT2D eigenvalue weighted by Crippen LogP contribution is -2.36. The lowest BCUT2D eigenvalue weighted by Gasteiger charge is -2.27. The first-order valence-corrected chi connectivity index (χ1v) is 12.0. The van der Waals surface area contributed by atoms with Crippen LogP contribution < -0.4 is 5.32 Å². The molecule has 6 nitrogen and oxygen atoms in total. The van der Waals surface area contributed by atoms with Gasteiger partial charge in [-0.3, -0.25) is 4.79 Å². The molecule has 0 bridgehead atoms. The van der Waals surface area contributed by atoms with E-state index in [2.05, 4.69) is 16.0 Å². The maximum Gasteiger partial charge on any atom is 0.229 e. The summed E-state index contributed by atoms with van der Waals surface area (Å²) in [5.74, 6) is -0.250. The molecule has 1 aliphatic rings. The summed E-state index contributed by atoms with van der Waals surface area (Å²) < 4.78 is 41.8. The van der Waals surface area contributed by atoms with Crippen LogP contribution in [-0.4, -0.2) is 39.3 Å². The number of amides is 1. The number of hydrogen-bond acceptors (Lipinski definition) is 6. The Morgan fingerprint density at radius 2 is 1.74 bits per heavy atom. The summed E-state index contributed by atoms with van der Waals surface area (Å²) in [4.78, 5) is 12.7. The average Bonchev–Trinajstić information content (AvgIpc) is 2.51. The molecule has 130 valence electrons. The zero-order chi connectivity index (χ0) is 17.9. The predicted molar refractivity (Wildman–Crippen MR) is 94.1 cm³/mol. The zero-order valence-corrected chi connectivity index (χ0v) is 16.1. The van der Waals surface area contributed by atoms with Crippen LogP contribution >= 0.6 is 22.4 Å². The number of halogens is 1. The van der Waals surface area contributed by atoms with Crippen molar-refractivity contribution in [3.63, 3.8) is 0 Å². The van der Waals surface area contributed by atoms with Crippen LogP contribution in [0.15, 0.2) is 29.2 Å². The zero-order valence-electron chi connectivity index (χ0n) is 12.9. The minimum Gasteiger partial charge on any atom is -0.325 e. The summed E-state index contributed by atoms with van der Waals surface area (Å²) in [6, 6.07) is 7.28. The van der Waals surface area contributed by atoms with Crippen LogP contribution in [0.2, 0.25) is 0 Å². The van der Waals surface area contributed by atoms with Gasteiger partial charge in [0, 0.05) is 21.8 Å². The van der Waals surface area contributed by atoms with Crippen molar-refractivity contribution in [2.45, 2.75) is 28.7 Å². The van der Waals surface area contributed by atoms with Gasteiger partial charge in [0.05, 0.1) is 18.4 Å². The Kier molecular flexibility index (Phi) is 6.54. The van der Waals surface area contributed by atoms with Gasteiger partial charge in [0.1, 0.15) is 4.08 Å². The molecule has 0 spiro atoms. The molecule has 1 atom stereocenters. The number of benzene rings is 1. The van der Waals surface area contributed by atoms with E-state index in [0.717, 1.165) is 11.2 Å². The Hall–Kier alpha value is -0.770. The van der Waals surface area contributed by atoms with Crippen LogP contribution in [0, 0.1) is 0 Å². The summed E-state index contributed by atoms with van der Waals surface area (Å²) in [7, 11) is -2.03. The number of thioether (sulfide) groups is 1. The predicted octanol–water partition coefficient (Wildman–Crippen LogP) is 2.46. The molecule has 1 unspecified atom stereocenters. The van der Waals surface area contributed by atoms with E-state index in [0.29, 0.717) is 12.1 Å². The van der Waals surface area contributed by atoms with Crippen molar-refractivity contribution in [2.75, 3.05) is 17.8 Å². The quantitative estimate of drug-likeness (QED) is 0.767. The second-order valence-electron chi connectivity index (χ2n) is 5.04. The van der Waals surface area contributed by atoms with Crippen molar-refractivity contribution < 1.29 is 21.6 Å². The topological polar surface area (TPSA) is 97.4 Å². The molecule has 2 rings (SSSR count). The lowest BCUT2D eigenvalue weighted by atomic mass is 10.2. The first-order valence-electron chi connectivity index (χ1n) is 6.55. The fourth-order valence-electron chi connectivity index (χ4n) is 2.00. The molecule has 1 aliphatic heterocycles. The number of fused-ring (bicyclic) bond motifs is 1. The largest absolute Gasteiger partial charge is 0.325 e. The van der Waals surface area contributed by atoms with E-state index in [1.165, 1.54) is 18.0 Å². The normalized spacial score (nSPS) is 21.3. The van der Waals surface area contributed by atoms with Crippen molar-refractivity contribution in [3.05, 3.63) is 24.3 Å². The smallest absolute Gasteiger partial charge is 0.229 e. The molecule has 1 heterocycles. The Labute approximate surface area is 145 Å². The molecule has 0 radical (unpaired) electrons. The summed E-state index contributed by atoms with van der Waals surface area (Å²) >= 11 is 1.26. The SMILES string of the molecule is CCC1(S(C)(=O)=O)CC(=O)Nc2ccccc2S1.CS(=O)(=O)Cl. The molecule has 0 saturated carbocycles. The highest BCUT2D eigenvalue weighted by molar-refractivity contribution is 8.14. The summed E-state index contributed by atoms with van der Waals surface area (Å²) in [6.45, 7) is 1.80. The molecule has 1 aromatic carbocycles. The van der Waals surface area contributed by atoms with E-state index < -0.39 is 23.0 Å². The number of sulfone groups is 1. The summed E-state index contributed by atoms with van der Waals surface area (Å²) in [5.41, 5.74) is 0.687. The van der Waals surface area contributed by atoms with Gasteiger partial charge in [-0.1, -0.05) is 19.1 Å². The van der Waals surface area contributed by atoms with Crippen LogP contribution in [0.25, 0.3) is 0 Å². The number of rotatable bonds is 2. The second kappa shape index (κ2) is 7.42. The van der Waals surface area contributed by atoms with Crippen molar-refractivity contribution in [1.29, 1.82) is 0 Å². The van der Waals surface area contributed by atoms with E-state index >= 15 is 0 Å². The Balaban J connectivity index is 0.000000463. The van der Waals surface area contributed by atoms with E-state index in [-0.39, 0.29) is 12.3 Å². The van der Waals surface area contributed by atoms with Gasteiger partial charge in [0.2, 0.25) is 15.0 Å². The van der Waals surface area contributed by atoms with Gasteiger partial charge < -0.3 is 5.32 Å². The molecule has 1 amide bonds. The third-order valence-corrected chi connectivity index (χ3v) is 7.43. The van der Waals surface area contributed by atoms with E-state index in [1.807, 2.05) is 18.2 Å². The van der Waals surface area contributed by atoms with E-state index in [1.54, 1.807) is 13.0 Å². The van der Waals surface area contributed by atoms with Gasteiger partial charge in [0.15, 0.2) is 9.84 Å². The second-order valence-corrected chi connectivity index (χ2v) is 12.1. The first-order chi connectivity index (χ1) is 10.4. The highest BCUT2D eigenvalue weighted by atomic mass is 35.7. The lowest BCUT2D eigenvalue weighted by molar-refractivity contribution is -0.116. The van der Waals surface area contributed by atoms with Crippen LogP contribution in [0.3, 0.4) is 0 Å². The fourth-order valence-corrected chi connectivity index (χ4v) is 4.92. The van der Waals surface area contributed by atoms with Crippen molar-refractivity contribution in [2.24, 2.45) is 0 Å². The fraction of sp³-hybridized carbons (Fsp3) is 0.462. The highest BCUT2D eigenvalue weighted by Gasteiger charge is 2.44. The van der Waals surface area contributed by atoms with Crippen LogP contribution in [-0.2, 0) is 23.7 Å². The van der Waals surface area contributed by atoms with E-state index in [9.17, 15) is 21.6 Å². The number of carbonyl (C=O) groups is 1. The minimum atomic E-state index is -3.33. The first kappa shape index (κ1) is 20.3. The highest BCUT2D eigenvalue weighted by Crippen LogP contribution is 2.47. The average molecular weight is 400 g/mol. The van der Waals surface area contributed by atoms with Crippen molar-refractivity contribution in [1.82, 2.24) is 0 Å². The van der Waals surface area contributed by atoms with Gasteiger partial charge in [-0.15, -0.1) is 11.8 Å². The van der Waals surface area contributed by atoms with Crippen LogP contribution in [0.4, 0.5) is 5.69 Å². The number of nitrogens with one attached hydrogen (secondary N) is 1. The molecule has 1 aromatic rings. The maximum atomic E-state index is 12.0. The van der Waals surface area contributed by atoms with Gasteiger partial charge >= 0.3 is 0 Å². The Morgan fingerprint density at radius 1 is 1.22 bits per heavy atom. The number of para-hydroxylation sites is 1. The van der Waals surface area contributed by atoms with Crippen LogP contribution in [0.5, 0.6) is 0 Å². The molecule has 0 saturated heterocycles. The van der Waals surface area contributed by atoms with Crippen molar-refractivity contribution >= 4 is 52.9 Å². The minimum absolute atomic E-state index is 0.0122. The molecule has 1 N–H and O–H groups in total. The number of hydrogen-bond donors (Lipinski definition) is 1.